The Morgan fingerprint density at radius 3 is 2.69 bits per heavy atom. The predicted molar refractivity (Wildman–Crippen MR) is 105 cm³/mol. The molecular formula is C22H18N4. The number of allylic oxidation sites excluding steroid dienone is 2. The minimum absolute atomic E-state index is 0.0387. The van der Waals surface area contributed by atoms with Gasteiger partial charge in [0.2, 0.25) is 0 Å². The molecule has 4 nitrogen and oxygen atoms in total. The van der Waals surface area contributed by atoms with Gasteiger partial charge in [-0.25, -0.2) is 9.98 Å². The smallest absolute Gasteiger partial charge is 0.158 e. The quantitative estimate of drug-likeness (QED) is 0.830. The summed E-state index contributed by atoms with van der Waals surface area (Å²) in [6.07, 6.45) is 5.36. The second kappa shape index (κ2) is 4.80. The third kappa shape index (κ3) is 1.62. The van der Waals surface area contributed by atoms with Crippen molar-refractivity contribution in [1.29, 1.82) is 0 Å². The van der Waals surface area contributed by atoms with E-state index in [0.29, 0.717) is 0 Å². The number of hydrogen-bond acceptors (Lipinski definition) is 4. The zero-order chi connectivity index (χ0) is 17.3. The van der Waals surface area contributed by atoms with Gasteiger partial charge in [-0.1, -0.05) is 61.5 Å². The molecule has 2 atom stereocenters. The molecule has 0 fully saturated rings. The Hall–Kier alpha value is -2.98. The first-order valence-corrected chi connectivity index (χ1v) is 9.13. The minimum atomic E-state index is -0.501. The number of rotatable bonds is 1. The molecule has 1 spiro atoms. The van der Waals surface area contributed by atoms with E-state index in [-0.39, 0.29) is 6.17 Å². The van der Waals surface area contributed by atoms with Crippen LogP contribution in [-0.4, -0.2) is 17.2 Å². The molecule has 26 heavy (non-hydrogen) atoms. The van der Waals surface area contributed by atoms with Gasteiger partial charge in [0.15, 0.2) is 5.66 Å². The Kier molecular flexibility index (Phi) is 2.62. The Morgan fingerprint density at radius 2 is 1.81 bits per heavy atom. The summed E-state index contributed by atoms with van der Waals surface area (Å²) in [5.74, 6) is 0.962. The van der Waals surface area contributed by atoms with E-state index in [0.717, 1.165) is 23.7 Å². The van der Waals surface area contributed by atoms with E-state index in [1.807, 2.05) is 6.07 Å². The first-order chi connectivity index (χ1) is 12.8. The lowest BCUT2D eigenvalue weighted by Crippen LogP contribution is -2.67. The van der Waals surface area contributed by atoms with Crippen molar-refractivity contribution < 1.29 is 0 Å². The molecule has 4 aliphatic rings. The second-order valence-electron chi connectivity index (χ2n) is 7.09. The van der Waals surface area contributed by atoms with Crippen LogP contribution in [0.3, 0.4) is 0 Å². The topological polar surface area (TPSA) is 48.8 Å². The SMILES string of the molecule is CCC1=CC=C2C(=Nc3ccccc32)C12NC1=NC(N2)c2ccccc21. The molecule has 0 amide bonds. The van der Waals surface area contributed by atoms with Gasteiger partial charge >= 0.3 is 0 Å². The highest BCUT2D eigenvalue weighted by molar-refractivity contribution is 6.35. The van der Waals surface area contributed by atoms with Crippen LogP contribution in [0, 0.1) is 0 Å². The highest BCUT2D eigenvalue weighted by Gasteiger charge is 2.51. The Balaban J connectivity index is 1.54. The van der Waals surface area contributed by atoms with E-state index in [1.54, 1.807) is 0 Å². The van der Waals surface area contributed by atoms with Crippen LogP contribution < -0.4 is 10.6 Å². The molecule has 2 N–H and O–H groups in total. The van der Waals surface area contributed by atoms with Crippen molar-refractivity contribution in [3.05, 3.63) is 82.9 Å². The molecule has 2 bridgehead atoms. The standard InChI is InChI=1S/C22H18N4/c1-2-13-11-12-15-14-7-5-6-10-18(14)23-19(15)22(13)25-20-16-8-3-4-9-17(16)21(24-20)26-22/h3-12,20,25H,2H2,1H3,(H,24,26). The van der Waals surface area contributed by atoms with Crippen molar-refractivity contribution in [3.63, 3.8) is 0 Å². The van der Waals surface area contributed by atoms with Gasteiger partial charge in [-0.3, -0.25) is 5.32 Å². The Labute approximate surface area is 152 Å². The molecule has 0 radical (unpaired) electrons. The number of hydrogen-bond donors (Lipinski definition) is 2. The monoisotopic (exact) mass is 338 g/mol. The van der Waals surface area contributed by atoms with Gasteiger partial charge in [0.25, 0.3) is 0 Å². The summed E-state index contributed by atoms with van der Waals surface area (Å²) in [4.78, 5) is 9.87. The van der Waals surface area contributed by atoms with Crippen molar-refractivity contribution >= 4 is 22.8 Å². The Morgan fingerprint density at radius 1 is 1.00 bits per heavy atom. The summed E-state index contributed by atoms with van der Waals surface area (Å²) in [5.41, 5.74) is 7.71. The fourth-order valence-corrected chi connectivity index (χ4v) is 4.55. The van der Waals surface area contributed by atoms with Gasteiger partial charge in [0.05, 0.1) is 11.4 Å². The largest absolute Gasteiger partial charge is 0.343 e. The third-order valence-corrected chi connectivity index (χ3v) is 5.78. The fraction of sp³-hybridized carbons (Fsp3) is 0.182. The predicted octanol–water partition coefficient (Wildman–Crippen LogP) is 3.85. The zero-order valence-electron chi connectivity index (χ0n) is 14.5. The average Bonchev–Trinajstić information content (AvgIpc) is 3.19. The molecule has 3 aliphatic heterocycles. The molecule has 126 valence electrons. The number of amidine groups is 1. The first kappa shape index (κ1) is 14.2. The zero-order valence-corrected chi connectivity index (χ0v) is 14.5. The summed E-state index contributed by atoms with van der Waals surface area (Å²) in [6.45, 7) is 2.20. The number of para-hydroxylation sites is 1. The van der Waals surface area contributed by atoms with Crippen LogP contribution in [0.15, 0.2) is 76.2 Å². The molecule has 0 saturated heterocycles. The fourth-order valence-electron chi connectivity index (χ4n) is 4.55. The summed E-state index contributed by atoms with van der Waals surface area (Å²) < 4.78 is 0. The average molecular weight is 338 g/mol. The lowest BCUT2D eigenvalue weighted by Gasteiger charge is -2.43. The molecule has 2 aromatic carbocycles. The minimum Gasteiger partial charge on any atom is -0.343 e. The number of benzene rings is 2. The maximum atomic E-state index is 5.04. The highest BCUT2D eigenvalue weighted by atomic mass is 15.4. The van der Waals surface area contributed by atoms with Crippen molar-refractivity contribution in [3.8, 4) is 0 Å². The van der Waals surface area contributed by atoms with E-state index >= 15 is 0 Å². The number of fused-ring (bicyclic) bond motifs is 8. The van der Waals surface area contributed by atoms with Gasteiger partial charge in [0.1, 0.15) is 12.0 Å². The van der Waals surface area contributed by atoms with E-state index in [2.05, 4.69) is 72.2 Å². The maximum absolute atomic E-state index is 5.04. The van der Waals surface area contributed by atoms with Crippen LogP contribution in [0.25, 0.3) is 5.57 Å². The van der Waals surface area contributed by atoms with Gasteiger partial charge in [0, 0.05) is 22.3 Å². The summed E-state index contributed by atoms with van der Waals surface area (Å²) in [5, 5.41) is 7.51. The molecule has 1 aliphatic carbocycles. The van der Waals surface area contributed by atoms with E-state index in [1.165, 1.54) is 27.8 Å². The Bertz CT molecular complexity index is 1090. The van der Waals surface area contributed by atoms with Crippen LogP contribution in [0.5, 0.6) is 0 Å². The molecule has 0 aromatic heterocycles. The van der Waals surface area contributed by atoms with Crippen LogP contribution in [0.1, 0.15) is 36.2 Å². The van der Waals surface area contributed by atoms with Crippen molar-refractivity contribution in [2.75, 3.05) is 0 Å². The molecule has 6 rings (SSSR count). The lowest BCUT2D eigenvalue weighted by atomic mass is 9.81. The number of aliphatic imine (C=N–C) groups is 2. The molecule has 0 saturated carbocycles. The first-order valence-electron chi connectivity index (χ1n) is 9.13. The molecule has 2 aromatic rings. The third-order valence-electron chi connectivity index (χ3n) is 5.78. The molecule has 3 heterocycles. The summed E-state index contributed by atoms with van der Waals surface area (Å²) in [6, 6.07) is 16.8. The van der Waals surface area contributed by atoms with Crippen LogP contribution >= 0.6 is 0 Å². The molecule has 2 unspecified atom stereocenters. The molecular weight excluding hydrogens is 320 g/mol. The van der Waals surface area contributed by atoms with Gasteiger partial charge < -0.3 is 5.32 Å². The van der Waals surface area contributed by atoms with Crippen LogP contribution in [-0.2, 0) is 0 Å². The van der Waals surface area contributed by atoms with E-state index < -0.39 is 5.66 Å². The van der Waals surface area contributed by atoms with Gasteiger partial charge in [-0.05, 0) is 18.1 Å². The number of nitrogens with one attached hydrogen (secondary N) is 2. The van der Waals surface area contributed by atoms with E-state index in [9.17, 15) is 0 Å². The number of nitrogens with zero attached hydrogens (tertiary/aromatic N) is 2. The van der Waals surface area contributed by atoms with E-state index in [4.69, 9.17) is 9.98 Å². The summed E-state index contributed by atoms with van der Waals surface area (Å²) in [7, 11) is 0. The van der Waals surface area contributed by atoms with Crippen molar-refractivity contribution in [1.82, 2.24) is 10.6 Å². The van der Waals surface area contributed by atoms with Crippen molar-refractivity contribution in [2.24, 2.45) is 9.98 Å². The van der Waals surface area contributed by atoms with Crippen molar-refractivity contribution in [2.45, 2.75) is 25.2 Å². The summed E-state index contributed by atoms with van der Waals surface area (Å²) >= 11 is 0. The lowest BCUT2D eigenvalue weighted by molar-refractivity contribution is 0.382. The molecule has 4 heteroatoms. The highest BCUT2D eigenvalue weighted by Crippen LogP contribution is 2.45. The van der Waals surface area contributed by atoms with Gasteiger partial charge in [-0.15, -0.1) is 0 Å². The maximum Gasteiger partial charge on any atom is 0.158 e. The normalized spacial score (nSPS) is 26.9. The second-order valence-corrected chi connectivity index (χ2v) is 7.09. The van der Waals surface area contributed by atoms with Gasteiger partial charge in [-0.2, -0.15) is 0 Å². The van der Waals surface area contributed by atoms with Crippen LogP contribution in [0.4, 0.5) is 5.69 Å². The van der Waals surface area contributed by atoms with Crippen LogP contribution in [0.2, 0.25) is 0 Å².